The number of ether oxygens (including phenoxy) is 1. The van der Waals surface area contributed by atoms with E-state index < -0.39 is 0 Å². The Bertz CT molecular complexity index is 408. The minimum atomic E-state index is -0.190. The molecule has 1 aliphatic rings. The van der Waals surface area contributed by atoms with E-state index in [4.69, 9.17) is 4.74 Å². The maximum absolute atomic E-state index is 12.0. The van der Waals surface area contributed by atoms with Gasteiger partial charge < -0.3 is 10.1 Å². The first-order chi connectivity index (χ1) is 9.79. The molecule has 20 heavy (non-hydrogen) atoms. The molecular formula is C16H24N2O2. The first-order valence-electron chi connectivity index (χ1n) is 7.46. The van der Waals surface area contributed by atoms with Gasteiger partial charge in [-0.2, -0.15) is 0 Å². The quantitative estimate of drug-likeness (QED) is 0.635. The first kappa shape index (κ1) is 15.0. The number of rotatable bonds is 6. The Balaban J connectivity index is 1.80. The van der Waals surface area contributed by atoms with Crippen LogP contribution in [-0.4, -0.2) is 43.2 Å². The number of esters is 1. The van der Waals surface area contributed by atoms with Crippen LogP contribution in [0, 0.1) is 0 Å². The van der Waals surface area contributed by atoms with Crippen molar-refractivity contribution in [3.8, 4) is 0 Å². The van der Waals surface area contributed by atoms with Crippen LogP contribution in [0.1, 0.15) is 25.3 Å². The SMILES string of the molecule is CCCCOC(=O)C1CN(Cc2ccccc2)CCN1. The Kier molecular flexibility index (Phi) is 6.02. The molecule has 110 valence electrons. The van der Waals surface area contributed by atoms with Crippen LogP contribution < -0.4 is 5.32 Å². The van der Waals surface area contributed by atoms with Gasteiger partial charge in [-0.3, -0.25) is 9.69 Å². The van der Waals surface area contributed by atoms with Crippen LogP contribution in [-0.2, 0) is 16.1 Å². The summed E-state index contributed by atoms with van der Waals surface area (Å²) in [5, 5.41) is 3.25. The van der Waals surface area contributed by atoms with E-state index in [1.165, 1.54) is 5.56 Å². The van der Waals surface area contributed by atoms with E-state index in [0.29, 0.717) is 6.61 Å². The second-order valence-corrected chi connectivity index (χ2v) is 5.25. The number of benzene rings is 1. The van der Waals surface area contributed by atoms with Crippen LogP contribution in [0.25, 0.3) is 0 Å². The van der Waals surface area contributed by atoms with Gasteiger partial charge in [-0.1, -0.05) is 43.7 Å². The Morgan fingerprint density at radius 2 is 2.20 bits per heavy atom. The molecular weight excluding hydrogens is 252 g/mol. The third-order valence-corrected chi connectivity index (χ3v) is 3.54. The number of hydrogen-bond donors (Lipinski definition) is 1. The van der Waals surface area contributed by atoms with Crippen LogP contribution in [0.2, 0.25) is 0 Å². The highest BCUT2D eigenvalue weighted by Gasteiger charge is 2.26. The van der Waals surface area contributed by atoms with E-state index in [1.54, 1.807) is 0 Å². The maximum atomic E-state index is 12.0. The highest BCUT2D eigenvalue weighted by Crippen LogP contribution is 2.08. The molecule has 1 aliphatic heterocycles. The first-order valence-corrected chi connectivity index (χ1v) is 7.46. The maximum Gasteiger partial charge on any atom is 0.324 e. The molecule has 0 bridgehead atoms. The third kappa shape index (κ3) is 4.62. The van der Waals surface area contributed by atoms with Crippen LogP contribution in [0.15, 0.2) is 30.3 Å². The number of nitrogens with one attached hydrogen (secondary N) is 1. The van der Waals surface area contributed by atoms with Crippen LogP contribution in [0.3, 0.4) is 0 Å². The minimum absolute atomic E-state index is 0.115. The van der Waals surface area contributed by atoms with Gasteiger partial charge in [-0.05, 0) is 12.0 Å². The zero-order valence-electron chi connectivity index (χ0n) is 12.2. The van der Waals surface area contributed by atoms with E-state index in [2.05, 4.69) is 29.3 Å². The lowest BCUT2D eigenvalue weighted by Gasteiger charge is -2.32. The van der Waals surface area contributed by atoms with Gasteiger partial charge in [0.05, 0.1) is 6.61 Å². The van der Waals surface area contributed by atoms with Crippen molar-refractivity contribution in [2.75, 3.05) is 26.2 Å². The fraction of sp³-hybridized carbons (Fsp3) is 0.562. The summed E-state index contributed by atoms with van der Waals surface area (Å²) in [4.78, 5) is 14.3. The number of piperazine rings is 1. The van der Waals surface area contributed by atoms with Gasteiger partial charge in [-0.15, -0.1) is 0 Å². The molecule has 4 heteroatoms. The third-order valence-electron chi connectivity index (χ3n) is 3.54. The second kappa shape index (κ2) is 8.02. The van der Waals surface area contributed by atoms with E-state index in [-0.39, 0.29) is 12.0 Å². The van der Waals surface area contributed by atoms with Gasteiger partial charge >= 0.3 is 5.97 Å². The Morgan fingerprint density at radius 3 is 2.95 bits per heavy atom. The number of unbranched alkanes of at least 4 members (excludes halogenated alkanes) is 1. The molecule has 1 saturated heterocycles. The average molecular weight is 276 g/mol. The van der Waals surface area contributed by atoms with Gasteiger partial charge in [0, 0.05) is 26.2 Å². The molecule has 1 unspecified atom stereocenters. The second-order valence-electron chi connectivity index (χ2n) is 5.25. The summed E-state index contributed by atoms with van der Waals surface area (Å²) in [6.45, 7) is 6.04. The van der Waals surface area contributed by atoms with E-state index in [9.17, 15) is 4.79 Å². The molecule has 0 aliphatic carbocycles. The molecule has 0 saturated carbocycles. The largest absolute Gasteiger partial charge is 0.464 e. The molecule has 1 aromatic carbocycles. The van der Waals surface area contributed by atoms with Crippen LogP contribution in [0.5, 0.6) is 0 Å². The number of nitrogens with zero attached hydrogens (tertiary/aromatic N) is 1. The van der Waals surface area contributed by atoms with E-state index >= 15 is 0 Å². The Hall–Kier alpha value is -1.39. The lowest BCUT2D eigenvalue weighted by atomic mass is 10.1. The van der Waals surface area contributed by atoms with Gasteiger partial charge in [0.2, 0.25) is 0 Å². The highest BCUT2D eigenvalue weighted by atomic mass is 16.5. The standard InChI is InChI=1S/C16H24N2O2/c1-2-3-11-20-16(19)15-13-18(10-9-17-15)12-14-7-5-4-6-8-14/h4-8,15,17H,2-3,9-13H2,1H3. The smallest absolute Gasteiger partial charge is 0.324 e. The fourth-order valence-corrected chi connectivity index (χ4v) is 2.37. The summed E-state index contributed by atoms with van der Waals surface area (Å²) in [5.74, 6) is -0.115. The summed E-state index contributed by atoms with van der Waals surface area (Å²) in [5.41, 5.74) is 1.28. The minimum Gasteiger partial charge on any atom is -0.464 e. The molecule has 0 amide bonds. The highest BCUT2D eigenvalue weighted by molar-refractivity contribution is 5.76. The molecule has 1 heterocycles. The van der Waals surface area contributed by atoms with Gasteiger partial charge in [0.15, 0.2) is 0 Å². The summed E-state index contributed by atoms with van der Waals surface area (Å²) in [7, 11) is 0. The summed E-state index contributed by atoms with van der Waals surface area (Å²) < 4.78 is 5.29. The molecule has 1 aromatic rings. The Morgan fingerprint density at radius 1 is 1.40 bits per heavy atom. The lowest BCUT2D eigenvalue weighted by Crippen LogP contribution is -2.54. The van der Waals surface area contributed by atoms with Gasteiger partial charge in [0.25, 0.3) is 0 Å². The van der Waals surface area contributed by atoms with Crippen molar-refractivity contribution in [3.05, 3.63) is 35.9 Å². The monoisotopic (exact) mass is 276 g/mol. The number of hydrogen-bond acceptors (Lipinski definition) is 4. The molecule has 2 rings (SSSR count). The molecule has 0 radical (unpaired) electrons. The van der Waals surface area contributed by atoms with Gasteiger partial charge in [0.1, 0.15) is 6.04 Å². The molecule has 4 nitrogen and oxygen atoms in total. The molecule has 0 aromatic heterocycles. The van der Waals surface area contributed by atoms with Gasteiger partial charge in [-0.25, -0.2) is 0 Å². The molecule has 1 atom stereocenters. The van der Waals surface area contributed by atoms with Crippen molar-refractivity contribution >= 4 is 5.97 Å². The van der Waals surface area contributed by atoms with Crippen molar-refractivity contribution in [1.29, 1.82) is 0 Å². The zero-order valence-corrected chi connectivity index (χ0v) is 12.2. The number of carbonyl (C=O) groups excluding carboxylic acids is 1. The van der Waals surface area contributed by atoms with Crippen molar-refractivity contribution in [2.45, 2.75) is 32.4 Å². The lowest BCUT2D eigenvalue weighted by molar-refractivity contribution is -0.147. The summed E-state index contributed by atoms with van der Waals surface area (Å²) >= 11 is 0. The zero-order chi connectivity index (χ0) is 14.2. The molecule has 1 N–H and O–H groups in total. The summed E-state index contributed by atoms with van der Waals surface area (Å²) in [6, 6.07) is 10.2. The van der Waals surface area contributed by atoms with Crippen molar-refractivity contribution in [2.24, 2.45) is 0 Å². The van der Waals surface area contributed by atoms with Crippen molar-refractivity contribution in [1.82, 2.24) is 10.2 Å². The van der Waals surface area contributed by atoms with Crippen LogP contribution >= 0.6 is 0 Å². The van der Waals surface area contributed by atoms with Crippen molar-refractivity contribution in [3.63, 3.8) is 0 Å². The van der Waals surface area contributed by atoms with E-state index in [0.717, 1.165) is 39.0 Å². The topological polar surface area (TPSA) is 41.6 Å². The number of carbonyl (C=O) groups is 1. The summed E-state index contributed by atoms with van der Waals surface area (Å²) in [6.07, 6.45) is 1.98. The van der Waals surface area contributed by atoms with Crippen LogP contribution in [0.4, 0.5) is 0 Å². The normalized spacial score (nSPS) is 19.8. The average Bonchev–Trinajstić information content (AvgIpc) is 2.49. The predicted octanol–water partition coefficient (Wildman–Crippen LogP) is 1.80. The van der Waals surface area contributed by atoms with Crippen molar-refractivity contribution < 1.29 is 9.53 Å². The molecule has 1 fully saturated rings. The fourth-order valence-electron chi connectivity index (χ4n) is 2.37. The van der Waals surface area contributed by atoms with E-state index in [1.807, 2.05) is 18.2 Å². The Labute approximate surface area is 121 Å². The predicted molar refractivity (Wildman–Crippen MR) is 79.4 cm³/mol. The molecule has 0 spiro atoms.